The largest absolute Gasteiger partial charge is 0.481 e. The van der Waals surface area contributed by atoms with Crippen LogP contribution in [0.1, 0.15) is 20.8 Å². The molecule has 0 rings (SSSR count). The number of rotatable bonds is 5. The molecule has 0 aromatic heterocycles. The van der Waals surface area contributed by atoms with Crippen LogP contribution in [0.4, 0.5) is 0 Å². The van der Waals surface area contributed by atoms with Gasteiger partial charge in [0.15, 0.2) is 0 Å². The summed E-state index contributed by atoms with van der Waals surface area (Å²) < 4.78 is 0. The van der Waals surface area contributed by atoms with Gasteiger partial charge in [0.2, 0.25) is 0 Å². The van der Waals surface area contributed by atoms with E-state index < -0.39 is 5.97 Å². The standard InChI is InChI=1S/C8H16O2S/c1-4-11-5-7(6(2)3)8(9)10/h6-7H,4-5H2,1-3H3,(H,9,10). The van der Waals surface area contributed by atoms with Crippen LogP contribution in [0.25, 0.3) is 0 Å². The first-order chi connectivity index (χ1) is 5.09. The summed E-state index contributed by atoms with van der Waals surface area (Å²) in [6.07, 6.45) is 0. The molecule has 0 bridgehead atoms. The highest BCUT2D eigenvalue weighted by molar-refractivity contribution is 7.99. The Morgan fingerprint density at radius 1 is 1.55 bits per heavy atom. The van der Waals surface area contributed by atoms with Gasteiger partial charge in [0.25, 0.3) is 0 Å². The Balaban J connectivity index is 3.80. The van der Waals surface area contributed by atoms with Crippen molar-refractivity contribution in [1.82, 2.24) is 0 Å². The molecule has 0 saturated carbocycles. The summed E-state index contributed by atoms with van der Waals surface area (Å²) >= 11 is 1.69. The first kappa shape index (κ1) is 10.8. The zero-order valence-electron chi connectivity index (χ0n) is 7.33. The number of hydrogen-bond acceptors (Lipinski definition) is 2. The van der Waals surface area contributed by atoms with Crippen molar-refractivity contribution in [3.8, 4) is 0 Å². The molecule has 0 aliphatic heterocycles. The van der Waals surface area contributed by atoms with Crippen LogP contribution in [-0.2, 0) is 4.79 Å². The Hall–Kier alpha value is -0.180. The summed E-state index contributed by atoms with van der Waals surface area (Å²) in [4.78, 5) is 10.6. The molecule has 0 radical (unpaired) electrons. The van der Waals surface area contributed by atoms with Crippen molar-refractivity contribution in [2.75, 3.05) is 11.5 Å². The van der Waals surface area contributed by atoms with Crippen molar-refractivity contribution < 1.29 is 9.90 Å². The first-order valence-electron chi connectivity index (χ1n) is 3.90. The van der Waals surface area contributed by atoms with Gasteiger partial charge in [-0.1, -0.05) is 20.8 Å². The SMILES string of the molecule is CCSCC(C(=O)O)C(C)C. The van der Waals surface area contributed by atoms with Crippen LogP contribution in [0.2, 0.25) is 0 Å². The molecule has 0 aliphatic rings. The second-order valence-electron chi connectivity index (χ2n) is 2.85. The quantitative estimate of drug-likeness (QED) is 0.697. The van der Waals surface area contributed by atoms with E-state index in [-0.39, 0.29) is 11.8 Å². The average molecular weight is 176 g/mol. The molecule has 66 valence electrons. The molecule has 11 heavy (non-hydrogen) atoms. The van der Waals surface area contributed by atoms with Crippen LogP contribution in [0, 0.1) is 11.8 Å². The van der Waals surface area contributed by atoms with E-state index in [1.165, 1.54) is 0 Å². The van der Waals surface area contributed by atoms with Crippen LogP contribution >= 0.6 is 11.8 Å². The fourth-order valence-electron chi connectivity index (χ4n) is 0.794. The first-order valence-corrected chi connectivity index (χ1v) is 5.05. The molecular weight excluding hydrogens is 160 g/mol. The minimum absolute atomic E-state index is 0.181. The normalized spacial score (nSPS) is 13.5. The maximum absolute atomic E-state index is 10.6. The van der Waals surface area contributed by atoms with E-state index in [0.29, 0.717) is 0 Å². The van der Waals surface area contributed by atoms with Crippen molar-refractivity contribution in [2.24, 2.45) is 11.8 Å². The van der Waals surface area contributed by atoms with Gasteiger partial charge >= 0.3 is 5.97 Å². The maximum atomic E-state index is 10.6. The molecule has 2 nitrogen and oxygen atoms in total. The molecule has 0 spiro atoms. The minimum atomic E-state index is -0.666. The zero-order chi connectivity index (χ0) is 8.85. The molecule has 1 N–H and O–H groups in total. The van der Waals surface area contributed by atoms with Gasteiger partial charge < -0.3 is 5.11 Å². The second-order valence-corrected chi connectivity index (χ2v) is 4.17. The number of thioether (sulfide) groups is 1. The van der Waals surface area contributed by atoms with Gasteiger partial charge in [-0.3, -0.25) is 4.79 Å². The summed E-state index contributed by atoms with van der Waals surface area (Å²) in [5, 5.41) is 8.76. The third-order valence-corrected chi connectivity index (χ3v) is 2.63. The van der Waals surface area contributed by atoms with Crippen molar-refractivity contribution in [3.63, 3.8) is 0 Å². The molecule has 1 atom stereocenters. The lowest BCUT2D eigenvalue weighted by atomic mass is 9.98. The van der Waals surface area contributed by atoms with Crippen LogP contribution in [0.5, 0.6) is 0 Å². The van der Waals surface area contributed by atoms with E-state index >= 15 is 0 Å². The summed E-state index contributed by atoms with van der Waals surface area (Å²) in [5.41, 5.74) is 0. The third-order valence-electron chi connectivity index (χ3n) is 1.62. The number of carbonyl (C=O) groups is 1. The van der Waals surface area contributed by atoms with Gasteiger partial charge in [0.05, 0.1) is 5.92 Å². The van der Waals surface area contributed by atoms with Crippen molar-refractivity contribution >= 4 is 17.7 Å². The Kier molecular flexibility index (Phi) is 5.38. The monoisotopic (exact) mass is 176 g/mol. The van der Waals surface area contributed by atoms with E-state index in [1.807, 2.05) is 20.8 Å². The third kappa shape index (κ3) is 4.30. The lowest BCUT2D eigenvalue weighted by molar-refractivity contribution is -0.142. The van der Waals surface area contributed by atoms with Crippen LogP contribution in [0.3, 0.4) is 0 Å². The van der Waals surface area contributed by atoms with Gasteiger partial charge in [0.1, 0.15) is 0 Å². The van der Waals surface area contributed by atoms with Crippen LogP contribution < -0.4 is 0 Å². The Bertz CT molecular complexity index is 123. The van der Waals surface area contributed by atoms with E-state index in [4.69, 9.17) is 5.11 Å². The number of carboxylic acids is 1. The molecule has 0 fully saturated rings. The Morgan fingerprint density at radius 2 is 2.09 bits per heavy atom. The molecule has 0 aliphatic carbocycles. The van der Waals surface area contributed by atoms with E-state index in [2.05, 4.69) is 0 Å². The van der Waals surface area contributed by atoms with E-state index in [0.717, 1.165) is 11.5 Å². The Morgan fingerprint density at radius 3 is 2.36 bits per heavy atom. The maximum Gasteiger partial charge on any atom is 0.307 e. The number of hydrogen-bond donors (Lipinski definition) is 1. The molecular formula is C8H16O2S. The number of aliphatic carboxylic acids is 1. The van der Waals surface area contributed by atoms with Gasteiger partial charge in [-0.05, 0) is 11.7 Å². The smallest absolute Gasteiger partial charge is 0.307 e. The second kappa shape index (κ2) is 5.47. The van der Waals surface area contributed by atoms with Crippen molar-refractivity contribution in [1.29, 1.82) is 0 Å². The van der Waals surface area contributed by atoms with Gasteiger partial charge in [0, 0.05) is 5.75 Å². The van der Waals surface area contributed by atoms with Gasteiger partial charge in [-0.2, -0.15) is 11.8 Å². The van der Waals surface area contributed by atoms with Crippen LogP contribution in [-0.4, -0.2) is 22.6 Å². The lowest BCUT2D eigenvalue weighted by Crippen LogP contribution is -2.22. The van der Waals surface area contributed by atoms with E-state index in [9.17, 15) is 4.79 Å². The molecule has 0 aromatic carbocycles. The predicted octanol–water partition coefficient (Wildman–Crippen LogP) is 2.10. The van der Waals surface area contributed by atoms with Crippen LogP contribution in [0.15, 0.2) is 0 Å². The molecule has 1 unspecified atom stereocenters. The fourth-order valence-corrected chi connectivity index (χ4v) is 1.81. The molecule has 3 heteroatoms. The fraction of sp³-hybridized carbons (Fsp3) is 0.875. The van der Waals surface area contributed by atoms with Gasteiger partial charge in [-0.15, -0.1) is 0 Å². The lowest BCUT2D eigenvalue weighted by Gasteiger charge is -2.14. The number of carboxylic acid groups (broad SMARTS) is 1. The molecule has 0 aromatic rings. The highest BCUT2D eigenvalue weighted by Gasteiger charge is 2.20. The summed E-state index contributed by atoms with van der Waals surface area (Å²) in [5.74, 6) is 1.13. The highest BCUT2D eigenvalue weighted by Crippen LogP contribution is 2.16. The Labute approximate surface area is 72.4 Å². The topological polar surface area (TPSA) is 37.3 Å². The summed E-state index contributed by atoms with van der Waals surface area (Å²) in [6.45, 7) is 5.95. The van der Waals surface area contributed by atoms with Crippen molar-refractivity contribution in [3.05, 3.63) is 0 Å². The zero-order valence-corrected chi connectivity index (χ0v) is 8.15. The van der Waals surface area contributed by atoms with E-state index in [1.54, 1.807) is 11.8 Å². The predicted molar refractivity (Wildman–Crippen MR) is 49.0 cm³/mol. The minimum Gasteiger partial charge on any atom is -0.481 e. The van der Waals surface area contributed by atoms with Crippen molar-refractivity contribution in [2.45, 2.75) is 20.8 Å². The molecule has 0 heterocycles. The summed E-state index contributed by atoms with van der Waals surface area (Å²) in [6, 6.07) is 0. The molecule has 0 saturated heterocycles. The summed E-state index contributed by atoms with van der Waals surface area (Å²) in [7, 11) is 0. The molecule has 0 amide bonds. The average Bonchev–Trinajstić information content (AvgIpc) is 1.87. The highest BCUT2D eigenvalue weighted by atomic mass is 32.2. The van der Waals surface area contributed by atoms with Gasteiger partial charge in [-0.25, -0.2) is 0 Å².